The van der Waals surface area contributed by atoms with Crippen molar-refractivity contribution in [3.05, 3.63) is 29.8 Å². The lowest BCUT2D eigenvalue weighted by atomic mass is 10.1. The molecular weight excluding hydrogens is 290 g/mol. The van der Waals surface area contributed by atoms with Crippen LogP contribution in [0.3, 0.4) is 0 Å². The number of ether oxygens (including phenoxy) is 1. The second kappa shape index (κ2) is 9.33. The smallest absolute Gasteiger partial charge is 0.222 e. The molecule has 1 aliphatic rings. The number of hydrogen-bond acceptors (Lipinski definition) is 3. The Labute approximate surface area is 138 Å². The number of likely N-dealkylation sites (tertiary alicyclic amines) is 1. The Bertz CT molecular complexity index is 502. The molecule has 0 spiro atoms. The fourth-order valence-corrected chi connectivity index (χ4v) is 2.85. The van der Waals surface area contributed by atoms with Crippen molar-refractivity contribution >= 4 is 11.7 Å². The third-order valence-corrected chi connectivity index (χ3v) is 4.27. The van der Waals surface area contributed by atoms with Crippen LogP contribution in [0.5, 0.6) is 5.75 Å². The van der Waals surface area contributed by atoms with Gasteiger partial charge < -0.3 is 9.64 Å². The maximum Gasteiger partial charge on any atom is 0.222 e. The van der Waals surface area contributed by atoms with Crippen LogP contribution in [0.4, 0.5) is 0 Å². The predicted octanol–water partition coefficient (Wildman–Crippen LogP) is 3.84. The highest BCUT2D eigenvalue weighted by Gasteiger charge is 2.14. The summed E-state index contributed by atoms with van der Waals surface area (Å²) in [6.07, 6.45) is 7.31. The number of hydrogen-bond donors (Lipinski definition) is 0. The van der Waals surface area contributed by atoms with Crippen LogP contribution in [0.1, 0.15) is 62.2 Å². The largest absolute Gasteiger partial charge is 0.494 e. The number of rotatable bonds is 6. The van der Waals surface area contributed by atoms with Crippen molar-refractivity contribution in [2.45, 2.75) is 51.9 Å². The number of carbonyl (C=O) groups is 2. The average Bonchev–Trinajstić information content (AvgIpc) is 2.51. The zero-order valence-corrected chi connectivity index (χ0v) is 14.1. The van der Waals surface area contributed by atoms with Gasteiger partial charge in [-0.05, 0) is 50.5 Å². The van der Waals surface area contributed by atoms with Gasteiger partial charge in [0.1, 0.15) is 5.75 Å². The van der Waals surface area contributed by atoms with Crippen molar-refractivity contribution in [3.63, 3.8) is 0 Å². The number of benzene rings is 1. The molecule has 126 valence electrons. The minimum Gasteiger partial charge on any atom is -0.494 e. The van der Waals surface area contributed by atoms with Gasteiger partial charge in [-0.15, -0.1) is 0 Å². The summed E-state index contributed by atoms with van der Waals surface area (Å²) in [5.74, 6) is 1.05. The van der Waals surface area contributed by atoms with Gasteiger partial charge in [0, 0.05) is 25.1 Å². The Morgan fingerprint density at radius 2 is 1.61 bits per heavy atom. The molecule has 4 heteroatoms. The fourth-order valence-electron chi connectivity index (χ4n) is 2.85. The quantitative estimate of drug-likeness (QED) is 0.591. The highest BCUT2D eigenvalue weighted by atomic mass is 16.5. The molecule has 1 heterocycles. The van der Waals surface area contributed by atoms with E-state index in [9.17, 15) is 9.59 Å². The molecule has 0 aromatic heterocycles. The lowest BCUT2D eigenvalue weighted by Gasteiger charge is -2.24. The molecule has 0 bridgehead atoms. The van der Waals surface area contributed by atoms with E-state index in [2.05, 4.69) is 0 Å². The van der Waals surface area contributed by atoms with Crippen molar-refractivity contribution in [2.75, 3.05) is 19.7 Å². The lowest BCUT2D eigenvalue weighted by Crippen LogP contribution is -2.33. The number of carbonyl (C=O) groups excluding carboxylic acids is 2. The van der Waals surface area contributed by atoms with Gasteiger partial charge in [0.15, 0.2) is 5.78 Å². The van der Waals surface area contributed by atoms with Crippen LogP contribution in [-0.2, 0) is 4.79 Å². The molecule has 1 aliphatic heterocycles. The molecule has 1 amide bonds. The van der Waals surface area contributed by atoms with Gasteiger partial charge in [-0.3, -0.25) is 9.59 Å². The van der Waals surface area contributed by atoms with Crippen molar-refractivity contribution < 1.29 is 14.3 Å². The zero-order valence-electron chi connectivity index (χ0n) is 14.1. The van der Waals surface area contributed by atoms with E-state index >= 15 is 0 Å². The Balaban J connectivity index is 1.67. The maximum absolute atomic E-state index is 12.2. The van der Waals surface area contributed by atoms with E-state index in [0.717, 1.165) is 38.1 Å². The van der Waals surface area contributed by atoms with Crippen LogP contribution in [0.15, 0.2) is 24.3 Å². The third-order valence-electron chi connectivity index (χ3n) is 4.27. The monoisotopic (exact) mass is 317 g/mol. The number of ketones is 1. The molecule has 0 atom stereocenters. The van der Waals surface area contributed by atoms with Gasteiger partial charge in [0.2, 0.25) is 5.91 Å². The van der Waals surface area contributed by atoms with Crippen molar-refractivity contribution in [1.82, 2.24) is 4.90 Å². The van der Waals surface area contributed by atoms with Crippen LogP contribution in [0.25, 0.3) is 0 Å². The fraction of sp³-hybridized carbons (Fsp3) is 0.579. The summed E-state index contributed by atoms with van der Waals surface area (Å²) in [6, 6.07) is 7.14. The van der Waals surface area contributed by atoms with Gasteiger partial charge in [0.25, 0.3) is 0 Å². The molecule has 0 unspecified atom stereocenters. The number of amides is 1. The van der Waals surface area contributed by atoms with Gasteiger partial charge in [-0.1, -0.05) is 19.3 Å². The van der Waals surface area contributed by atoms with E-state index < -0.39 is 0 Å². The first-order valence-corrected chi connectivity index (χ1v) is 8.68. The molecule has 4 nitrogen and oxygen atoms in total. The molecular formula is C19H27NO3. The first-order chi connectivity index (χ1) is 11.2. The molecule has 1 saturated heterocycles. The van der Waals surface area contributed by atoms with Crippen LogP contribution in [0, 0.1) is 0 Å². The molecule has 1 aromatic carbocycles. The third kappa shape index (κ3) is 6.05. The standard InChI is InChI=1S/C19H27NO3/c1-16(21)17-9-11-18(12-10-17)23-15-7-8-19(22)20-13-5-3-2-4-6-14-20/h9-12H,2-8,13-15H2,1H3. The first-order valence-electron chi connectivity index (χ1n) is 8.68. The summed E-state index contributed by atoms with van der Waals surface area (Å²) >= 11 is 0. The zero-order chi connectivity index (χ0) is 16.5. The number of nitrogens with zero attached hydrogens (tertiary/aromatic N) is 1. The first kappa shape index (κ1) is 17.5. The Kier molecular flexibility index (Phi) is 7.11. The van der Waals surface area contributed by atoms with Crippen molar-refractivity contribution in [1.29, 1.82) is 0 Å². The van der Waals surface area contributed by atoms with Crippen molar-refractivity contribution in [3.8, 4) is 5.75 Å². The topological polar surface area (TPSA) is 46.6 Å². The highest BCUT2D eigenvalue weighted by molar-refractivity contribution is 5.94. The molecule has 0 aliphatic carbocycles. The Morgan fingerprint density at radius 3 is 2.22 bits per heavy atom. The van der Waals surface area contributed by atoms with Crippen LogP contribution < -0.4 is 4.74 Å². The molecule has 1 fully saturated rings. The molecule has 1 aromatic rings. The average molecular weight is 317 g/mol. The van der Waals surface area contributed by atoms with E-state index in [0.29, 0.717) is 18.6 Å². The van der Waals surface area contributed by atoms with Crippen LogP contribution in [0.2, 0.25) is 0 Å². The summed E-state index contributed by atoms with van der Waals surface area (Å²) < 4.78 is 5.64. The molecule has 2 rings (SSSR count). The van der Waals surface area contributed by atoms with Gasteiger partial charge in [-0.25, -0.2) is 0 Å². The summed E-state index contributed by atoms with van der Waals surface area (Å²) in [6.45, 7) is 3.89. The second-order valence-electron chi connectivity index (χ2n) is 6.18. The summed E-state index contributed by atoms with van der Waals surface area (Å²) in [4.78, 5) is 25.4. The van der Waals surface area contributed by atoms with Gasteiger partial charge in [0.05, 0.1) is 6.61 Å². The summed E-state index contributed by atoms with van der Waals surface area (Å²) in [5.41, 5.74) is 0.685. The van der Waals surface area contributed by atoms with E-state index in [-0.39, 0.29) is 11.7 Å². The van der Waals surface area contributed by atoms with E-state index in [4.69, 9.17) is 4.74 Å². The Hall–Kier alpha value is -1.84. The summed E-state index contributed by atoms with van der Waals surface area (Å²) in [5, 5.41) is 0. The predicted molar refractivity (Wildman–Crippen MR) is 90.8 cm³/mol. The van der Waals surface area contributed by atoms with E-state index in [1.807, 2.05) is 4.90 Å². The minimum absolute atomic E-state index is 0.0513. The lowest BCUT2D eigenvalue weighted by molar-refractivity contribution is -0.131. The van der Waals surface area contributed by atoms with Gasteiger partial charge >= 0.3 is 0 Å². The number of Topliss-reactive ketones (excluding diaryl/α,β-unsaturated/α-hetero) is 1. The second-order valence-corrected chi connectivity index (χ2v) is 6.18. The molecule has 23 heavy (non-hydrogen) atoms. The van der Waals surface area contributed by atoms with Crippen LogP contribution >= 0.6 is 0 Å². The Morgan fingerprint density at radius 1 is 1.00 bits per heavy atom. The normalized spacial score (nSPS) is 15.6. The van der Waals surface area contributed by atoms with Crippen molar-refractivity contribution in [2.24, 2.45) is 0 Å². The van der Waals surface area contributed by atoms with Gasteiger partial charge in [-0.2, -0.15) is 0 Å². The van der Waals surface area contributed by atoms with E-state index in [1.165, 1.54) is 19.3 Å². The SMILES string of the molecule is CC(=O)c1ccc(OCCCC(=O)N2CCCCCCC2)cc1. The van der Waals surface area contributed by atoms with E-state index in [1.54, 1.807) is 31.2 Å². The maximum atomic E-state index is 12.2. The minimum atomic E-state index is 0.0513. The molecule has 0 N–H and O–H groups in total. The highest BCUT2D eigenvalue weighted by Crippen LogP contribution is 2.14. The van der Waals surface area contributed by atoms with Crippen LogP contribution in [-0.4, -0.2) is 36.3 Å². The molecule has 0 saturated carbocycles. The summed E-state index contributed by atoms with van der Waals surface area (Å²) in [7, 11) is 0. The molecule has 0 radical (unpaired) electrons.